The van der Waals surface area contributed by atoms with Gasteiger partial charge in [0, 0.05) is 54.3 Å². The molecule has 1 aliphatic heterocycles. The van der Waals surface area contributed by atoms with Crippen molar-refractivity contribution in [3.63, 3.8) is 0 Å². The molecule has 34 heavy (non-hydrogen) atoms. The smallest absolute Gasteiger partial charge is 0.0966 e. The molecule has 1 aliphatic rings. The number of anilines is 1. The summed E-state index contributed by atoms with van der Waals surface area (Å²) in [5.41, 5.74) is 8.13. The van der Waals surface area contributed by atoms with Gasteiger partial charge in [0.15, 0.2) is 0 Å². The minimum absolute atomic E-state index is 0.703. The maximum atomic E-state index is 4.65. The number of hydrogen-bond acceptors (Lipinski definition) is 6. The highest BCUT2D eigenvalue weighted by Gasteiger charge is 2.13. The summed E-state index contributed by atoms with van der Waals surface area (Å²) in [6.45, 7) is 1.45. The molecule has 7 heteroatoms. The highest BCUT2D eigenvalue weighted by Crippen LogP contribution is 2.32. The van der Waals surface area contributed by atoms with Crippen molar-refractivity contribution in [3.05, 3.63) is 103 Å². The Morgan fingerprint density at radius 2 is 1.94 bits per heavy atom. The molecule has 0 saturated heterocycles. The minimum atomic E-state index is 0.703. The third-order valence-electron chi connectivity index (χ3n) is 6.04. The predicted molar refractivity (Wildman–Crippen MR) is 135 cm³/mol. The van der Waals surface area contributed by atoms with Crippen LogP contribution in [0.25, 0.3) is 33.1 Å². The Kier molecular flexibility index (Phi) is 4.99. The normalized spacial score (nSPS) is 13.4. The van der Waals surface area contributed by atoms with Gasteiger partial charge in [0.1, 0.15) is 0 Å². The molecule has 0 aliphatic carbocycles. The summed E-state index contributed by atoms with van der Waals surface area (Å²) < 4.78 is 2.14. The molecule has 2 aromatic carbocycles. The molecule has 0 bridgehead atoms. The van der Waals surface area contributed by atoms with E-state index in [0.29, 0.717) is 6.54 Å². The summed E-state index contributed by atoms with van der Waals surface area (Å²) >= 11 is 0. The third kappa shape index (κ3) is 3.88. The topological polar surface area (TPSA) is 71.8 Å². The zero-order valence-corrected chi connectivity index (χ0v) is 18.8. The molecule has 166 valence electrons. The molecular weight excluding hydrogens is 422 g/mol. The van der Waals surface area contributed by atoms with E-state index >= 15 is 0 Å². The minimum Gasteiger partial charge on any atom is -0.366 e. The summed E-state index contributed by atoms with van der Waals surface area (Å²) in [5.74, 6) is 0. The second-order valence-electron chi connectivity index (χ2n) is 8.43. The Balaban J connectivity index is 1.33. The number of fused-ring (bicyclic) bond motifs is 2. The summed E-state index contributed by atoms with van der Waals surface area (Å²) in [5, 5.41) is 13.0. The Hall–Kier alpha value is -4.52. The van der Waals surface area contributed by atoms with Crippen molar-refractivity contribution in [1.29, 1.82) is 0 Å². The molecule has 0 unspecified atom stereocenters. The Morgan fingerprint density at radius 1 is 1.00 bits per heavy atom. The SMILES string of the molecule is Cn1ccc2ccc(-c3cc(NC4=CC=CN(Cc5cccnn5)C4)cc4nccnc34)cc21. The molecule has 0 radical (unpaired) electrons. The van der Waals surface area contributed by atoms with Crippen LogP contribution in [-0.4, -0.2) is 36.2 Å². The van der Waals surface area contributed by atoms with Gasteiger partial charge in [0.2, 0.25) is 0 Å². The fraction of sp³-hybridized carbons (Fsp3) is 0.111. The van der Waals surface area contributed by atoms with Gasteiger partial charge in [-0.1, -0.05) is 12.1 Å². The van der Waals surface area contributed by atoms with Gasteiger partial charge in [-0.15, -0.1) is 0 Å². The summed E-state index contributed by atoms with van der Waals surface area (Å²) in [4.78, 5) is 11.5. The van der Waals surface area contributed by atoms with E-state index in [2.05, 4.69) is 96.9 Å². The fourth-order valence-corrected chi connectivity index (χ4v) is 4.40. The van der Waals surface area contributed by atoms with Crippen LogP contribution in [0.2, 0.25) is 0 Å². The van der Waals surface area contributed by atoms with Crippen LogP contribution in [0.15, 0.2) is 97.4 Å². The number of aryl methyl sites for hydroxylation is 1. The van der Waals surface area contributed by atoms with Gasteiger partial charge in [0.05, 0.1) is 29.8 Å². The molecule has 5 aromatic rings. The lowest BCUT2D eigenvalue weighted by Gasteiger charge is -2.25. The highest BCUT2D eigenvalue weighted by molar-refractivity contribution is 5.97. The lowest BCUT2D eigenvalue weighted by atomic mass is 10.0. The van der Waals surface area contributed by atoms with E-state index in [9.17, 15) is 0 Å². The maximum Gasteiger partial charge on any atom is 0.0966 e. The number of benzene rings is 2. The van der Waals surface area contributed by atoms with Gasteiger partial charge in [-0.3, -0.25) is 9.97 Å². The number of allylic oxidation sites excluding steroid dienone is 2. The second-order valence-corrected chi connectivity index (χ2v) is 8.43. The fourth-order valence-electron chi connectivity index (χ4n) is 4.40. The quantitative estimate of drug-likeness (QED) is 0.415. The van der Waals surface area contributed by atoms with Crippen LogP contribution < -0.4 is 5.32 Å². The molecule has 7 nitrogen and oxygen atoms in total. The van der Waals surface area contributed by atoms with E-state index in [1.807, 2.05) is 18.2 Å². The van der Waals surface area contributed by atoms with Gasteiger partial charge >= 0.3 is 0 Å². The average Bonchev–Trinajstić information content (AvgIpc) is 3.24. The molecule has 0 atom stereocenters. The number of nitrogens with one attached hydrogen (secondary N) is 1. The van der Waals surface area contributed by atoms with Gasteiger partial charge in [-0.25, -0.2) is 0 Å². The first kappa shape index (κ1) is 20.1. The van der Waals surface area contributed by atoms with Crippen molar-refractivity contribution in [2.75, 3.05) is 11.9 Å². The van der Waals surface area contributed by atoms with Gasteiger partial charge < -0.3 is 14.8 Å². The monoisotopic (exact) mass is 445 g/mol. The van der Waals surface area contributed by atoms with Crippen molar-refractivity contribution < 1.29 is 0 Å². The molecule has 3 aromatic heterocycles. The van der Waals surface area contributed by atoms with Crippen LogP contribution in [0.3, 0.4) is 0 Å². The van der Waals surface area contributed by atoms with E-state index in [-0.39, 0.29) is 0 Å². The molecule has 0 spiro atoms. The standard InChI is InChI=1S/C27H23N7/c1-33-13-8-19-6-7-20(14-26(19)33)24-15-23(16-25-27(24)29-11-10-28-25)31-21-5-3-12-34(17-21)18-22-4-2-9-30-32-22/h2-16,31H,17-18H2,1H3. The number of nitrogens with zero attached hydrogens (tertiary/aromatic N) is 6. The molecule has 1 N–H and O–H groups in total. The van der Waals surface area contributed by atoms with Crippen molar-refractivity contribution in [2.45, 2.75) is 6.54 Å². The van der Waals surface area contributed by atoms with Crippen LogP contribution in [0.4, 0.5) is 5.69 Å². The first-order valence-corrected chi connectivity index (χ1v) is 11.2. The molecular formula is C27H23N7. The zero-order valence-electron chi connectivity index (χ0n) is 18.8. The summed E-state index contributed by atoms with van der Waals surface area (Å²) in [6.07, 6.45) is 13.5. The van der Waals surface area contributed by atoms with Crippen LogP contribution >= 0.6 is 0 Å². The molecule has 0 fully saturated rings. The van der Waals surface area contributed by atoms with Gasteiger partial charge in [-0.05, 0) is 65.7 Å². The van der Waals surface area contributed by atoms with E-state index in [4.69, 9.17) is 0 Å². The number of hydrogen-bond donors (Lipinski definition) is 1. The molecule has 4 heterocycles. The number of aromatic nitrogens is 5. The van der Waals surface area contributed by atoms with Crippen molar-refractivity contribution in [1.82, 2.24) is 29.6 Å². The molecule has 0 saturated carbocycles. The lowest BCUT2D eigenvalue weighted by molar-refractivity contribution is 0.389. The van der Waals surface area contributed by atoms with Crippen LogP contribution in [0.1, 0.15) is 5.69 Å². The van der Waals surface area contributed by atoms with Gasteiger partial charge in [0.25, 0.3) is 0 Å². The molecule has 0 amide bonds. The predicted octanol–water partition coefficient (Wildman–Crippen LogP) is 4.90. The van der Waals surface area contributed by atoms with E-state index in [1.54, 1.807) is 18.6 Å². The maximum absolute atomic E-state index is 4.65. The number of rotatable bonds is 5. The van der Waals surface area contributed by atoms with Crippen LogP contribution in [0, 0.1) is 0 Å². The van der Waals surface area contributed by atoms with Crippen molar-refractivity contribution >= 4 is 27.6 Å². The zero-order chi connectivity index (χ0) is 22.9. The van der Waals surface area contributed by atoms with Crippen molar-refractivity contribution in [3.8, 4) is 11.1 Å². The van der Waals surface area contributed by atoms with E-state index in [0.717, 1.165) is 45.8 Å². The Labute approximate surface area is 197 Å². The lowest BCUT2D eigenvalue weighted by Crippen LogP contribution is -2.25. The van der Waals surface area contributed by atoms with Crippen LogP contribution in [-0.2, 0) is 13.6 Å². The van der Waals surface area contributed by atoms with E-state index in [1.165, 1.54) is 10.9 Å². The first-order valence-electron chi connectivity index (χ1n) is 11.2. The molecule has 6 rings (SSSR count). The van der Waals surface area contributed by atoms with E-state index < -0.39 is 0 Å². The third-order valence-corrected chi connectivity index (χ3v) is 6.04. The van der Waals surface area contributed by atoms with Crippen LogP contribution in [0.5, 0.6) is 0 Å². The highest BCUT2D eigenvalue weighted by atomic mass is 15.2. The second kappa shape index (κ2) is 8.44. The average molecular weight is 446 g/mol. The Morgan fingerprint density at radius 3 is 2.85 bits per heavy atom. The van der Waals surface area contributed by atoms with Gasteiger partial charge in [-0.2, -0.15) is 10.2 Å². The first-order chi connectivity index (χ1) is 16.7. The Bertz CT molecular complexity index is 1550. The van der Waals surface area contributed by atoms with Crippen molar-refractivity contribution in [2.24, 2.45) is 7.05 Å². The largest absolute Gasteiger partial charge is 0.366 e. The summed E-state index contributed by atoms with van der Waals surface area (Å²) in [6, 6.07) is 16.8. The summed E-state index contributed by atoms with van der Waals surface area (Å²) in [7, 11) is 2.07.